The van der Waals surface area contributed by atoms with Gasteiger partial charge < -0.3 is 15.4 Å². The molecule has 0 bridgehead atoms. The number of likely N-dealkylation sites (tertiary alicyclic amines) is 1. The minimum Gasteiger partial charge on any atom is -0.379 e. The molecule has 0 aliphatic carbocycles. The van der Waals surface area contributed by atoms with E-state index in [-0.39, 0.29) is 11.5 Å². The van der Waals surface area contributed by atoms with Crippen LogP contribution in [0.3, 0.4) is 0 Å². The molecule has 5 heteroatoms. The summed E-state index contributed by atoms with van der Waals surface area (Å²) in [5, 5.41) is 6.86. The molecule has 0 radical (unpaired) electrons. The van der Waals surface area contributed by atoms with Crippen LogP contribution in [0.4, 0.5) is 0 Å². The third-order valence-electron chi connectivity index (χ3n) is 5.34. The fourth-order valence-corrected chi connectivity index (χ4v) is 3.57. The lowest BCUT2D eigenvalue weighted by Gasteiger charge is -2.30. The van der Waals surface area contributed by atoms with Gasteiger partial charge in [0.1, 0.15) is 0 Å². The Hall–Kier alpha value is -1.59. The quantitative estimate of drug-likeness (QED) is 0.567. The summed E-state index contributed by atoms with van der Waals surface area (Å²) in [6, 6.07) is 8.73. The van der Waals surface area contributed by atoms with Crippen LogP contribution in [0.2, 0.25) is 0 Å². The van der Waals surface area contributed by atoms with Gasteiger partial charge in [0.15, 0.2) is 5.96 Å². The molecule has 0 amide bonds. The summed E-state index contributed by atoms with van der Waals surface area (Å²) in [6.45, 7) is 11.6. The second kappa shape index (κ2) is 10.7. The molecule has 1 heterocycles. The van der Waals surface area contributed by atoms with Crippen LogP contribution in [-0.4, -0.2) is 50.8 Å². The van der Waals surface area contributed by atoms with Crippen molar-refractivity contribution >= 4 is 5.96 Å². The maximum Gasteiger partial charge on any atom is 0.191 e. The number of hydrogen-bond acceptors (Lipinski definition) is 3. The van der Waals surface area contributed by atoms with E-state index in [4.69, 9.17) is 4.74 Å². The molecule has 1 saturated heterocycles. The molecule has 152 valence electrons. The smallest absolute Gasteiger partial charge is 0.191 e. The van der Waals surface area contributed by atoms with Crippen LogP contribution in [0.25, 0.3) is 0 Å². The van der Waals surface area contributed by atoms with Gasteiger partial charge >= 0.3 is 0 Å². The third kappa shape index (κ3) is 7.15. The summed E-state index contributed by atoms with van der Waals surface area (Å²) < 4.78 is 5.63. The molecule has 2 N–H and O–H groups in total. The van der Waals surface area contributed by atoms with E-state index in [2.05, 4.69) is 65.6 Å². The number of aliphatic imine (C=N–C) groups is 1. The summed E-state index contributed by atoms with van der Waals surface area (Å²) in [5.74, 6) is 0.814. The van der Waals surface area contributed by atoms with Gasteiger partial charge in [-0.2, -0.15) is 0 Å². The van der Waals surface area contributed by atoms with Gasteiger partial charge in [0.05, 0.1) is 6.10 Å². The van der Waals surface area contributed by atoms with Crippen molar-refractivity contribution < 1.29 is 4.74 Å². The van der Waals surface area contributed by atoms with Crippen LogP contribution in [-0.2, 0) is 17.8 Å². The number of nitrogens with zero attached hydrogens (tertiary/aromatic N) is 2. The van der Waals surface area contributed by atoms with Crippen molar-refractivity contribution in [1.29, 1.82) is 0 Å². The van der Waals surface area contributed by atoms with Crippen LogP contribution in [0.15, 0.2) is 29.3 Å². The Balaban J connectivity index is 1.90. The first-order chi connectivity index (χ1) is 12.9. The van der Waals surface area contributed by atoms with Crippen molar-refractivity contribution in [2.45, 2.75) is 59.2 Å². The summed E-state index contributed by atoms with van der Waals surface area (Å²) in [5.41, 5.74) is 2.83. The number of nitrogens with one attached hydrogen (secondary N) is 2. The van der Waals surface area contributed by atoms with E-state index >= 15 is 0 Å². The number of hydrogen-bond donors (Lipinski definition) is 2. The Bertz CT molecular complexity index is 588. The minimum atomic E-state index is 0.0850. The Labute approximate surface area is 165 Å². The van der Waals surface area contributed by atoms with E-state index in [9.17, 15) is 0 Å². The molecule has 1 aliphatic heterocycles. The van der Waals surface area contributed by atoms with Gasteiger partial charge in [0, 0.05) is 33.8 Å². The molecule has 27 heavy (non-hydrogen) atoms. The largest absolute Gasteiger partial charge is 0.379 e. The number of piperidine rings is 1. The van der Waals surface area contributed by atoms with Gasteiger partial charge in [-0.15, -0.1) is 0 Å². The zero-order valence-corrected chi connectivity index (χ0v) is 17.8. The van der Waals surface area contributed by atoms with Gasteiger partial charge in [0.2, 0.25) is 0 Å². The molecule has 5 nitrogen and oxygen atoms in total. The first-order valence-electron chi connectivity index (χ1n) is 10.2. The van der Waals surface area contributed by atoms with E-state index in [1.54, 1.807) is 7.11 Å². The molecule has 1 unspecified atom stereocenters. The molecule has 0 spiro atoms. The summed E-state index contributed by atoms with van der Waals surface area (Å²) in [6.07, 6.45) is 4.15. The van der Waals surface area contributed by atoms with Gasteiger partial charge in [-0.3, -0.25) is 9.89 Å². The highest BCUT2D eigenvalue weighted by atomic mass is 16.5. The fraction of sp³-hybridized carbons (Fsp3) is 0.682. The fourth-order valence-electron chi connectivity index (χ4n) is 3.57. The third-order valence-corrected chi connectivity index (χ3v) is 5.34. The highest BCUT2D eigenvalue weighted by molar-refractivity contribution is 5.79. The van der Waals surface area contributed by atoms with Crippen LogP contribution in [0, 0.1) is 5.41 Å². The van der Waals surface area contributed by atoms with Gasteiger partial charge in [0.25, 0.3) is 0 Å². The SMILES string of the molecule is CN=C(NCc1ccccc1CN1CCCCC1)NCC(OC)C(C)(C)C. The lowest BCUT2D eigenvalue weighted by atomic mass is 9.89. The number of benzene rings is 1. The van der Waals surface area contributed by atoms with E-state index in [1.165, 1.54) is 43.5 Å². The summed E-state index contributed by atoms with van der Waals surface area (Å²) >= 11 is 0. The Morgan fingerprint density at radius 1 is 1.11 bits per heavy atom. The maximum atomic E-state index is 5.63. The normalized spacial score (nSPS) is 17.6. The van der Waals surface area contributed by atoms with E-state index in [0.717, 1.165) is 25.6 Å². The van der Waals surface area contributed by atoms with Gasteiger partial charge in [-0.25, -0.2) is 0 Å². The lowest BCUT2D eigenvalue weighted by Crippen LogP contribution is -2.45. The number of methoxy groups -OCH3 is 1. The molecule has 2 rings (SSSR count). The number of guanidine groups is 1. The molecule has 1 aromatic carbocycles. The number of ether oxygens (including phenoxy) is 1. The van der Waals surface area contributed by atoms with Crippen molar-refractivity contribution in [2.75, 3.05) is 33.8 Å². The zero-order chi connectivity index (χ0) is 19.7. The summed E-state index contributed by atoms with van der Waals surface area (Å²) in [4.78, 5) is 6.94. The molecule has 1 atom stereocenters. The molecule has 0 aromatic heterocycles. The Morgan fingerprint density at radius 2 is 1.78 bits per heavy atom. The van der Waals surface area contributed by atoms with Crippen molar-refractivity contribution in [1.82, 2.24) is 15.5 Å². The van der Waals surface area contributed by atoms with Crippen LogP contribution in [0.5, 0.6) is 0 Å². The topological polar surface area (TPSA) is 48.9 Å². The first-order valence-corrected chi connectivity index (χ1v) is 10.2. The first kappa shape index (κ1) is 21.7. The molecule has 1 fully saturated rings. The van der Waals surface area contributed by atoms with Crippen molar-refractivity contribution in [3.05, 3.63) is 35.4 Å². The number of rotatable bonds is 7. The van der Waals surface area contributed by atoms with E-state index < -0.39 is 0 Å². The van der Waals surface area contributed by atoms with Crippen LogP contribution >= 0.6 is 0 Å². The molecular formula is C22H38N4O. The highest BCUT2D eigenvalue weighted by Crippen LogP contribution is 2.21. The summed E-state index contributed by atoms with van der Waals surface area (Å²) in [7, 11) is 3.58. The van der Waals surface area contributed by atoms with Crippen LogP contribution < -0.4 is 10.6 Å². The van der Waals surface area contributed by atoms with E-state index in [0.29, 0.717) is 0 Å². The van der Waals surface area contributed by atoms with Crippen molar-refractivity contribution in [2.24, 2.45) is 10.4 Å². The zero-order valence-electron chi connectivity index (χ0n) is 17.8. The maximum absolute atomic E-state index is 5.63. The van der Waals surface area contributed by atoms with Crippen molar-refractivity contribution in [3.63, 3.8) is 0 Å². The average molecular weight is 375 g/mol. The second-order valence-corrected chi connectivity index (χ2v) is 8.50. The minimum absolute atomic E-state index is 0.0850. The lowest BCUT2D eigenvalue weighted by molar-refractivity contribution is 0.0205. The molecular weight excluding hydrogens is 336 g/mol. The second-order valence-electron chi connectivity index (χ2n) is 8.50. The molecule has 0 saturated carbocycles. The Morgan fingerprint density at radius 3 is 2.37 bits per heavy atom. The standard InChI is InChI=1S/C22H38N4O/c1-22(2,3)20(27-5)16-25-21(23-4)24-15-18-11-7-8-12-19(18)17-26-13-9-6-10-14-26/h7-8,11-12,20H,6,9-10,13-17H2,1-5H3,(H2,23,24,25). The average Bonchev–Trinajstić information content (AvgIpc) is 2.65. The van der Waals surface area contributed by atoms with Gasteiger partial charge in [-0.05, 0) is 42.5 Å². The molecule has 1 aromatic rings. The monoisotopic (exact) mass is 374 g/mol. The van der Waals surface area contributed by atoms with E-state index in [1.807, 2.05) is 7.05 Å². The highest BCUT2D eigenvalue weighted by Gasteiger charge is 2.24. The van der Waals surface area contributed by atoms with Crippen LogP contribution in [0.1, 0.15) is 51.2 Å². The van der Waals surface area contributed by atoms with Crippen molar-refractivity contribution in [3.8, 4) is 0 Å². The van der Waals surface area contributed by atoms with Gasteiger partial charge in [-0.1, -0.05) is 51.5 Å². The predicted octanol–water partition coefficient (Wildman–Crippen LogP) is 3.40. The Kier molecular flexibility index (Phi) is 8.58. The molecule has 1 aliphatic rings. The predicted molar refractivity (Wildman–Crippen MR) is 114 cm³/mol.